The van der Waals surface area contributed by atoms with Crippen molar-refractivity contribution in [2.75, 3.05) is 39.3 Å². The van der Waals surface area contributed by atoms with Gasteiger partial charge in [-0.05, 0) is 5.92 Å². The molecule has 1 aliphatic rings. The Morgan fingerprint density at radius 3 is 2.11 bits per heavy atom. The van der Waals surface area contributed by atoms with E-state index in [1.54, 1.807) is 4.90 Å². The number of rotatable bonds is 4. The molecule has 19 heavy (non-hydrogen) atoms. The maximum Gasteiger partial charge on any atom is 0.401 e. The lowest BCUT2D eigenvalue weighted by molar-refractivity contribution is -0.153. The molecule has 7 heteroatoms. The summed E-state index contributed by atoms with van der Waals surface area (Å²) in [6, 6.07) is 0. The number of amides is 1. The lowest BCUT2D eigenvalue weighted by atomic mass is 9.94. The van der Waals surface area contributed by atoms with E-state index in [1.807, 2.05) is 13.8 Å². The van der Waals surface area contributed by atoms with Crippen LogP contribution < -0.4 is 5.73 Å². The minimum atomic E-state index is -4.18. The fourth-order valence-corrected chi connectivity index (χ4v) is 2.27. The van der Waals surface area contributed by atoms with Crippen LogP contribution in [0.2, 0.25) is 0 Å². The van der Waals surface area contributed by atoms with Crippen molar-refractivity contribution in [1.29, 1.82) is 0 Å². The molecule has 1 unspecified atom stereocenters. The van der Waals surface area contributed by atoms with Crippen LogP contribution >= 0.6 is 0 Å². The predicted octanol–water partition coefficient (Wildman–Crippen LogP) is 0.924. The van der Waals surface area contributed by atoms with Crippen LogP contribution in [0, 0.1) is 11.8 Å². The average Bonchev–Trinajstić information content (AvgIpc) is 2.28. The number of halogens is 3. The first-order chi connectivity index (χ1) is 8.74. The summed E-state index contributed by atoms with van der Waals surface area (Å²) in [4.78, 5) is 15.1. The molecular weight excluding hydrogens is 259 g/mol. The summed E-state index contributed by atoms with van der Waals surface area (Å²) in [7, 11) is 0. The van der Waals surface area contributed by atoms with Crippen molar-refractivity contribution in [2.45, 2.75) is 20.0 Å². The van der Waals surface area contributed by atoms with Crippen molar-refractivity contribution in [3.05, 3.63) is 0 Å². The van der Waals surface area contributed by atoms with Gasteiger partial charge in [-0.3, -0.25) is 9.69 Å². The number of piperazine rings is 1. The maximum atomic E-state index is 12.2. The summed E-state index contributed by atoms with van der Waals surface area (Å²) in [5.74, 6) is -0.135. The standard InChI is InChI=1S/C12H22F3N3O/c1-9(2)10(7-16)11(19)18-5-3-17(4-6-18)8-12(13,14)15/h9-10H,3-8,16H2,1-2H3. The largest absolute Gasteiger partial charge is 0.401 e. The fraction of sp³-hybridized carbons (Fsp3) is 0.917. The SMILES string of the molecule is CC(C)C(CN)C(=O)N1CCN(CC(F)(F)F)CC1. The summed E-state index contributed by atoms with van der Waals surface area (Å²) in [5.41, 5.74) is 5.59. The van der Waals surface area contributed by atoms with Crippen LogP contribution in [0.3, 0.4) is 0 Å². The smallest absolute Gasteiger partial charge is 0.340 e. The molecule has 0 spiro atoms. The zero-order valence-corrected chi connectivity index (χ0v) is 11.4. The van der Waals surface area contributed by atoms with E-state index in [-0.39, 0.29) is 37.4 Å². The third-order valence-corrected chi connectivity index (χ3v) is 3.46. The highest BCUT2D eigenvalue weighted by Gasteiger charge is 2.34. The Labute approximate surface area is 111 Å². The van der Waals surface area contributed by atoms with Gasteiger partial charge >= 0.3 is 6.18 Å². The van der Waals surface area contributed by atoms with E-state index in [9.17, 15) is 18.0 Å². The quantitative estimate of drug-likeness (QED) is 0.834. The van der Waals surface area contributed by atoms with Gasteiger partial charge in [0.25, 0.3) is 0 Å². The van der Waals surface area contributed by atoms with Crippen LogP contribution in [0.1, 0.15) is 13.8 Å². The number of nitrogens with two attached hydrogens (primary N) is 1. The average molecular weight is 281 g/mol. The second-order valence-corrected chi connectivity index (χ2v) is 5.30. The highest BCUT2D eigenvalue weighted by atomic mass is 19.4. The minimum absolute atomic E-state index is 0.0378. The zero-order valence-electron chi connectivity index (χ0n) is 11.4. The summed E-state index contributed by atoms with van der Waals surface area (Å²) < 4.78 is 36.7. The summed E-state index contributed by atoms with van der Waals surface area (Å²) in [6.45, 7) is 4.45. The molecule has 0 aromatic rings. The molecule has 1 rings (SSSR count). The van der Waals surface area contributed by atoms with Crippen LogP contribution in [0.5, 0.6) is 0 Å². The summed E-state index contributed by atoms with van der Waals surface area (Å²) >= 11 is 0. The first kappa shape index (κ1) is 16.2. The highest BCUT2D eigenvalue weighted by molar-refractivity contribution is 5.79. The Kier molecular flexibility index (Phi) is 5.61. The topological polar surface area (TPSA) is 49.6 Å². The molecule has 1 saturated heterocycles. The van der Waals surface area contributed by atoms with Gasteiger partial charge in [-0.1, -0.05) is 13.8 Å². The molecule has 112 valence electrons. The van der Waals surface area contributed by atoms with Crippen LogP contribution in [0.25, 0.3) is 0 Å². The van der Waals surface area contributed by atoms with Gasteiger partial charge in [0.2, 0.25) is 5.91 Å². The number of carbonyl (C=O) groups excluding carboxylic acids is 1. The van der Waals surface area contributed by atoms with Crippen LogP contribution in [0.15, 0.2) is 0 Å². The molecule has 0 aromatic carbocycles. The van der Waals surface area contributed by atoms with Gasteiger partial charge in [-0.15, -0.1) is 0 Å². The Hall–Kier alpha value is -0.820. The molecule has 0 saturated carbocycles. The summed E-state index contributed by atoms with van der Waals surface area (Å²) in [6.07, 6.45) is -4.18. The van der Waals surface area contributed by atoms with Crippen molar-refractivity contribution in [3.63, 3.8) is 0 Å². The fourth-order valence-electron chi connectivity index (χ4n) is 2.27. The van der Waals surface area contributed by atoms with E-state index >= 15 is 0 Å². The molecule has 4 nitrogen and oxygen atoms in total. The predicted molar refractivity (Wildman–Crippen MR) is 66.5 cm³/mol. The summed E-state index contributed by atoms with van der Waals surface area (Å²) in [5, 5.41) is 0. The van der Waals surface area contributed by atoms with Gasteiger partial charge < -0.3 is 10.6 Å². The first-order valence-electron chi connectivity index (χ1n) is 6.52. The van der Waals surface area contributed by atoms with Gasteiger partial charge in [-0.25, -0.2) is 0 Å². The zero-order chi connectivity index (χ0) is 14.6. The number of hydrogen-bond donors (Lipinski definition) is 1. The van der Waals surface area contributed by atoms with Gasteiger partial charge in [0.1, 0.15) is 0 Å². The highest BCUT2D eigenvalue weighted by Crippen LogP contribution is 2.19. The Morgan fingerprint density at radius 1 is 1.21 bits per heavy atom. The van der Waals surface area contributed by atoms with Crippen LogP contribution in [-0.2, 0) is 4.79 Å². The molecule has 0 radical (unpaired) electrons. The minimum Gasteiger partial charge on any atom is -0.340 e. The van der Waals surface area contributed by atoms with Crippen LogP contribution in [0.4, 0.5) is 13.2 Å². The molecule has 0 aromatic heterocycles. The van der Waals surface area contributed by atoms with Crippen molar-refractivity contribution >= 4 is 5.91 Å². The van der Waals surface area contributed by atoms with Gasteiger partial charge in [0.05, 0.1) is 12.5 Å². The van der Waals surface area contributed by atoms with E-state index in [1.165, 1.54) is 4.90 Å². The lowest BCUT2D eigenvalue weighted by Gasteiger charge is -2.37. The Bertz CT molecular complexity index is 299. The molecule has 1 atom stereocenters. The number of alkyl halides is 3. The van der Waals surface area contributed by atoms with E-state index < -0.39 is 12.7 Å². The molecule has 0 aliphatic carbocycles. The van der Waals surface area contributed by atoms with E-state index in [4.69, 9.17) is 5.73 Å². The number of hydrogen-bond acceptors (Lipinski definition) is 3. The second kappa shape index (κ2) is 6.56. The lowest BCUT2D eigenvalue weighted by Crippen LogP contribution is -2.53. The monoisotopic (exact) mass is 281 g/mol. The number of carbonyl (C=O) groups is 1. The maximum absolute atomic E-state index is 12.2. The number of nitrogens with zero attached hydrogens (tertiary/aromatic N) is 2. The van der Waals surface area contributed by atoms with E-state index in [2.05, 4.69) is 0 Å². The van der Waals surface area contributed by atoms with E-state index in [0.29, 0.717) is 13.1 Å². The van der Waals surface area contributed by atoms with Crippen molar-refractivity contribution in [1.82, 2.24) is 9.80 Å². The Morgan fingerprint density at radius 2 is 1.74 bits per heavy atom. The molecule has 1 heterocycles. The van der Waals surface area contributed by atoms with Gasteiger partial charge in [0, 0.05) is 32.7 Å². The molecular formula is C12H22F3N3O. The van der Waals surface area contributed by atoms with Crippen molar-refractivity contribution in [3.8, 4) is 0 Å². The molecule has 2 N–H and O–H groups in total. The van der Waals surface area contributed by atoms with Gasteiger partial charge in [-0.2, -0.15) is 13.2 Å². The third-order valence-electron chi connectivity index (χ3n) is 3.46. The molecule has 1 amide bonds. The first-order valence-corrected chi connectivity index (χ1v) is 6.52. The third kappa shape index (κ3) is 4.99. The normalized spacial score (nSPS) is 19.8. The molecule has 0 bridgehead atoms. The van der Waals surface area contributed by atoms with Gasteiger partial charge in [0.15, 0.2) is 0 Å². The van der Waals surface area contributed by atoms with Crippen molar-refractivity contribution < 1.29 is 18.0 Å². The van der Waals surface area contributed by atoms with Crippen molar-refractivity contribution in [2.24, 2.45) is 17.6 Å². The van der Waals surface area contributed by atoms with Crippen LogP contribution in [-0.4, -0.2) is 61.2 Å². The molecule has 1 aliphatic heterocycles. The van der Waals surface area contributed by atoms with E-state index in [0.717, 1.165) is 0 Å². The molecule has 1 fully saturated rings. The second-order valence-electron chi connectivity index (χ2n) is 5.30. The Balaban J connectivity index is 2.47.